The van der Waals surface area contributed by atoms with Crippen molar-refractivity contribution in [3.8, 4) is 11.5 Å². The summed E-state index contributed by atoms with van der Waals surface area (Å²) < 4.78 is 5.57. The fourth-order valence-corrected chi connectivity index (χ4v) is 3.34. The highest BCUT2D eigenvalue weighted by molar-refractivity contribution is 6.09. The number of hydrogen-bond acceptors (Lipinski definition) is 5. The third-order valence-corrected chi connectivity index (χ3v) is 5.17. The molecule has 3 rings (SSSR count). The average Bonchev–Trinajstić information content (AvgIpc) is 2.98. The van der Waals surface area contributed by atoms with Crippen LogP contribution in [0.4, 0.5) is 4.79 Å². The van der Waals surface area contributed by atoms with Crippen LogP contribution in [0.3, 0.4) is 0 Å². The van der Waals surface area contributed by atoms with Gasteiger partial charge in [0.1, 0.15) is 30.2 Å². The Bertz CT molecular complexity index is 1020. The summed E-state index contributed by atoms with van der Waals surface area (Å²) in [5.41, 5.74) is 1.15. The van der Waals surface area contributed by atoms with E-state index in [1.807, 2.05) is 6.92 Å². The van der Waals surface area contributed by atoms with E-state index in [1.54, 1.807) is 55.5 Å². The molecular weight excluding hydrogens is 410 g/mol. The van der Waals surface area contributed by atoms with Gasteiger partial charge in [0, 0.05) is 6.54 Å². The molecule has 0 aromatic heterocycles. The molecule has 32 heavy (non-hydrogen) atoms. The number of carbonyl (C=O) groups excluding carboxylic acids is 3. The number of carbonyl (C=O) groups is 3. The second-order valence-corrected chi connectivity index (χ2v) is 7.98. The molecule has 1 atom stereocenters. The van der Waals surface area contributed by atoms with Gasteiger partial charge in [0.15, 0.2) is 0 Å². The number of amides is 4. The largest absolute Gasteiger partial charge is 0.508 e. The number of phenolic OH excluding ortho intramolecular Hbond substituents is 1. The van der Waals surface area contributed by atoms with E-state index in [2.05, 4.69) is 17.2 Å². The van der Waals surface area contributed by atoms with Crippen LogP contribution < -0.4 is 15.4 Å². The monoisotopic (exact) mass is 437 g/mol. The molecule has 168 valence electrons. The molecule has 1 heterocycles. The SMILES string of the molecule is C=C(C)COc1ccc(C2(C)NC(=O)N(CC(=O)NCCc3ccc(O)cc3)C2=O)cc1. The van der Waals surface area contributed by atoms with Crippen LogP contribution >= 0.6 is 0 Å². The molecule has 1 fully saturated rings. The summed E-state index contributed by atoms with van der Waals surface area (Å²) in [4.78, 5) is 38.7. The van der Waals surface area contributed by atoms with E-state index in [-0.39, 0.29) is 12.3 Å². The number of imide groups is 1. The highest BCUT2D eigenvalue weighted by Gasteiger charge is 2.49. The van der Waals surface area contributed by atoms with E-state index in [0.29, 0.717) is 30.9 Å². The summed E-state index contributed by atoms with van der Waals surface area (Å²) in [5.74, 6) is -0.123. The van der Waals surface area contributed by atoms with Gasteiger partial charge < -0.3 is 20.5 Å². The molecule has 4 amide bonds. The van der Waals surface area contributed by atoms with Crippen molar-refractivity contribution in [2.24, 2.45) is 0 Å². The zero-order chi connectivity index (χ0) is 23.3. The van der Waals surface area contributed by atoms with E-state index >= 15 is 0 Å². The zero-order valence-electron chi connectivity index (χ0n) is 18.2. The molecule has 2 aromatic carbocycles. The van der Waals surface area contributed by atoms with Crippen LogP contribution in [0, 0.1) is 0 Å². The van der Waals surface area contributed by atoms with Crippen molar-refractivity contribution in [3.63, 3.8) is 0 Å². The first-order valence-electron chi connectivity index (χ1n) is 10.3. The molecule has 0 aliphatic carbocycles. The smallest absolute Gasteiger partial charge is 0.325 e. The van der Waals surface area contributed by atoms with E-state index in [1.165, 1.54) is 0 Å². The van der Waals surface area contributed by atoms with Gasteiger partial charge in [0.2, 0.25) is 5.91 Å². The van der Waals surface area contributed by atoms with Gasteiger partial charge in [-0.3, -0.25) is 14.5 Å². The Morgan fingerprint density at radius 2 is 1.81 bits per heavy atom. The van der Waals surface area contributed by atoms with Crippen LogP contribution in [0.2, 0.25) is 0 Å². The van der Waals surface area contributed by atoms with E-state index in [0.717, 1.165) is 16.0 Å². The number of phenols is 1. The predicted octanol–water partition coefficient (Wildman–Crippen LogP) is 2.47. The number of nitrogens with zero attached hydrogens (tertiary/aromatic N) is 1. The highest BCUT2D eigenvalue weighted by Crippen LogP contribution is 2.30. The third kappa shape index (κ3) is 5.26. The molecule has 8 heteroatoms. The van der Waals surface area contributed by atoms with E-state index in [4.69, 9.17) is 4.74 Å². The van der Waals surface area contributed by atoms with Gasteiger partial charge in [-0.15, -0.1) is 0 Å². The lowest BCUT2D eigenvalue weighted by Crippen LogP contribution is -2.43. The fourth-order valence-electron chi connectivity index (χ4n) is 3.34. The number of ether oxygens (including phenoxy) is 1. The molecule has 0 saturated carbocycles. The molecule has 0 radical (unpaired) electrons. The zero-order valence-corrected chi connectivity index (χ0v) is 18.2. The summed E-state index contributed by atoms with van der Waals surface area (Å²) in [6.45, 7) is 7.63. The van der Waals surface area contributed by atoms with Crippen molar-refractivity contribution >= 4 is 17.8 Å². The Morgan fingerprint density at radius 3 is 2.44 bits per heavy atom. The molecule has 3 N–H and O–H groups in total. The summed E-state index contributed by atoms with van der Waals surface area (Å²) in [6, 6.07) is 12.9. The predicted molar refractivity (Wildman–Crippen MR) is 119 cm³/mol. The lowest BCUT2D eigenvalue weighted by molar-refractivity contribution is -0.134. The van der Waals surface area contributed by atoms with Crippen LogP contribution in [0.15, 0.2) is 60.7 Å². The van der Waals surface area contributed by atoms with Gasteiger partial charge in [-0.25, -0.2) is 4.79 Å². The van der Waals surface area contributed by atoms with Gasteiger partial charge in [-0.1, -0.05) is 30.8 Å². The number of aromatic hydroxyl groups is 1. The molecule has 0 spiro atoms. The number of benzene rings is 2. The second kappa shape index (κ2) is 9.55. The minimum absolute atomic E-state index is 0.174. The quantitative estimate of drug-likeness (QED) is 0.413. The molecule has 1 saturated heterocycles. The van der Waals surface area contributed by atoms with E-state index in [9.17, 15) is 19.5 Å². The maximum atomic E-state index is 13.0. The van der Waals surface area contributed by atoms with Crippen LogP contribution in [0.25, 0.3) is 0 Å². The summed E-state index contributed by atoms with van der Waals surface area (Å²) >= 11 is 0. The summed E-state index contributed by atoms with van der Waals surface area (Å²) in [7, 11) is 0. The standard InChI is InChI=1S/C24H27N3O5/c1-16(2)15-32-20-10-6-18(7-11-20)24(3)22(30)27(23(31)26-24)14-21(29)25-13-12-17-4-8-19(28)9-5-17/h4-11,28H,1,12-15H2,2-3H3,(H,25,29)(H,26,31). The van der Waals surface area contributed by atoms with Gasteiger partial charge in [-0.05, 0) is 61.2 Å². The highest BCUT2D eigenvalue weighted by atomic mass is 16.5. The number of urea groups is 1. The second-order valence-electron chi connectivity index (χ2n) is 7.98. The minimum Gasteiger partial charge on any atom is -0.508 e. The Hall–Kier alpha value is -3.81. The topological polar surface area (TPSA) is 108 Å². The van der Waals surface area contributed by atoms with Crippen molar-refractivity contribution in [2.45, 2.75) is 25.8 Å². The fraction of sp³-hybridized carbons (Fsp3) is 0.292. The van der Waals surface area contributed by atoms with Crippen molar-refractivity contribution < 1.29 is 24.2 Å². The normalized spacial score (nSPS) is 17.8. The lowest BCUT2D eigenvalue weighted by Gasteiger charge is -2.22. The first-order chi connectivity index (χ1) is 15.2. The van der Waals surface area contributed by atoms with Crippen molar-refractivity contribution in [2.75, 3.05) is 19.7 Å². The molecular formula is C24H27N3O5. The van der Waals surface area contributed by atoms with Crippen LogP contribution in [-0.4, -0.2) is 47.5 Å². The molecule has 1 unspecified atom stereocenters. The molecule has 1 aliphatic heterocycles. The summed E-state index contributed by atoms with van der Waals surface area (Å²) in [6.07, 6.45) is 0.559. The first kappa shape index (κ1) is 22.9. The van der Waals surface area contributed by atoms with Crippen molar-refractivity contribution in [1.29, 1.82) is 0 Å². The summed E-state index contributed by atoms with van der Waals surface area (Å²) in [5, 5.41) is 14.7. The molecule has 8 nitrogen and oxygen atoms in total. The molecule has 0 bridgehead atoms. The lowest BCUT2D eigenvalue weighted by atomic mass is 9.92. The number of rotatable bonds is 9. The maximum absolute atomic E-state index is 13.0. The van der Waals surface area contributed by atoms with Crippen LogP contribution in [0.1, 0.15) is 25.0 Å². The Kier molecular flexibility index (Phi) is 6.82. The van der Waals surface area contributed by atoms with Crippen molar-refractivity contribution in [3.05, 3.63) is 71.8 Å². The Morgan fingerprint density at radius 1 is 1.16 bits per heavy atom. The minimum atomic E-state index is -1.27. The first-order valence-corrected chi connectivity index (χ1v) is 10.3. The average molecular weight is 437 g/mol. The van der Waals surface area contributed by atoms with E-state index < -0.39 is 23.4 Å². The third-order valence-electron chi connectivity index (χ3n) is 5.17. The van der Waals surface area contributed by atoms with Gasteiger partial charge >= 0.3 is 6.03 Å². The van der Waals surface area contributed by atoms with Crippen LogP contribution in [0.5, 0.6) is 11.5 Å². The Balaban J connectivity index is 1.57. The molecule has 1 aliphatic rings. The Labute approximate surface area is 186 Å². The number of nitrogens with one attached hydrogen (secondary N) is 2. The maximum Gasteiger partial charge on any atom is 0.325 e. The molecule has 2 aromatic rings. The van der Waals surface area contributed by atoms with Crippen molar-refractivity contribution in [1.82, 2.24) is 15.5 Å². The van der Waals surface area contributed by atoms with Crippen LogP contribution in [-0.2, 0) is 21.5 Å². The van der Waals surface area contributed by atoms with Gasteiger partial charge in [0.25, 0.3) is 5.91 Å². The number of hydrogen-bond donors (Lipinski definition) is 3. The van der Waals surface area contributed by atoms with Gasteiger partial charge in [0.05, 0.1) is 0 Å². The van der Waals surface area contributed by atoms with Gasteiger partial charge in [-0.2, -0.15) is 0 Å².